The molecule has 2 rings (SSSR count). The van der Waals surface area contributed by atoms with Crippen molar-refractivity contribution in [1.29, 1.82) is 0 Å². The summed E-state index contributed by atoms with van der Waals surface area (Å²) in [5, 5.41) is 3.57. The maximum Gasteiger partial charge on any atom is 0.133 e. The van der Waals surface area contributed by atoms with Crippen LogP contribution in [0.5, 0.6) is 0 Å². The Labute approximate surface area is 121 Å². The average molecular weight is 279 g/mol. The normalized spacial score (nSPS) is 21.4. The first-order chi connectivity index (χ1) is 9.24. The largest absolute Gasteiger partial charge is 0.352 e. The maximum atomic E-state index is 4.66. The van der Waals surface area contributed by atoms with Crippen LogP contribution >= 0.6 is 11.8 Å². The van der Waals surface area contributed by atoms with Crippen molar-refractivity contribution in [1.82, 2.24) is 10.3 Å². The van der Waals surface area contributed by atoms with Gasteiger partial charge in [0.25, 0.3) is 0 Å². The van der Waals surface area contributed by atoms with Crippen LogP contribution in [0.3, 0.4) is 0 Å². The quantitative estimate of drug-likeness (QED) is 0.896. The maximum absolute atomic E-state index is 4.66. The number of pyridine rings is 1. The van der Waals surface area contributed by atoms with Gasteiger partial charge in [-0.15, -0.1) is 0 Å². The van der Waals surface area contributed by atoms with Crippen LogP contribution in [-0.4, -0.2) is 35.6 Å². The number of hydrogen-bond acceptors (Lipinski definition) is 4. The predicted octanol–water partition coefficient (Wildman–Crippen LogP) is 3.08. The summed E-state index contributed by atoms with van der Waals surface area (Å²) in [6.07, 6.45) is 3.08. The van der Waals surface area contributed by atoms with Crippen LogP contribution in [0.2, 0.25) is 0 Å². The highest BCUT2D eigenvalue weighted by molar-refractivity contribution is 7.99. The zero-order valence-corrected chi connectivity index (χ0v) is 13.0. The van der Waals surface area contributed by atoms with Gasteiger partial charge in [-0.1, -0.05) is 13.0 Å². The predicted molar refractivity (Wildman–Crippen MR) is 85.1 cm³/mol. The Balaban J connectivity index is 2.19. The van der Waals surface area contributed by atoms with Gasteiger partial charge in [0.2, 0.25) is 0 Å². The second kappa shape index (κ2) is 7.15. The molecule has 1 aromatic heterocycles. The van der Waals surface area contributed by atoms with Crippen molar-refractivity contribution in [3.63, 3.8) is 0 Å². The van der Waals surface area contributed by atoms with E-state index in [0.29, 0.717) is 12.1 Å². The van der Waals surface area contributed by atoms with Crippen LogP contribution < -0.4 is 10.2 Å². The molecule has 3 nitrogen and oxygen atoms in total. The Morgan fingerprint density at radius 3 is 3.16 bits per heavy atom. The zero-order valence-electron chi connectivity index (χ0n) is 12.2. The molecule has 0 radical (unpaired) electrons. The molecule has 1 fully saturated rings. The van der Waals surface area contributed by atoms with Crippen LogP contribution in [0.25, 0.3) is 0 Å². The molecule has 4 heteroatoms. The average Bonchev–Trinajstić information content (AvgIpc) is 2.45. The minimum atomic E-state index is 0.366. The van der Waals surface area contributed by atoms with E-state index < -0.39 is 0 Å². The summed E-state index contributed by atoms with van der Waals surface area (Å²) in [6.45, 7) is 8.90. The number of rotatable bonds is 5. The molecule has 0 aliphatic carbocycles. The number of hydrogen-bond donors (Lipinski definition) is 1. The Morgan fingerprint density at radius 1 is 1.58 bits per heavy atom. The molecule has 19 heavy (non-hydrogen) atoms. The fourth-order valence-electron chi connectivity index (χ4n) is 2.50. The third-order valence-electron chi connectivity index (χ3n) is 3.62. The fraction of sp³-hybridized carbons (Fsp3) is 0.667. The van der Waals surface area contributed by atoms with Gasteiger partial charge in [0.1, 0.15) is 5.82 Å². The van der Waals surface area contributed by atoms with Crippen LogP contribution in [0, 0.1) is 0 Å². The van der Waals surface area contributed by atoms with Crippen LogP contribution in [0.1, 0.15) is 38.8 Å². The summed E-state index contributed by atoms with van der Waals surface area (Å²) in [7, 11) is 0. The molecular formula is C15H25N3S. The molecule has 1 saturated heterocycles. The standard InChI is InChI=1S/C15H25N3S/c1-4-7-16-13(3)14-6-5-8-17-15(14)18-9-10-19-11-12(18)2/h5-6,8,12-13,16H,4,7,9-11H2,1-3H3. The zero-order chi connectivity index (χ0) is 13.7. The Morgan fingerprint density at radius 2 is 2.42 bits per heavy atom. The van der Waals surface area contributed by atoms with E-state index in [1.807, 2.05) is 24.0 Å². The number of nitrogens with one attached hydrogen (secondary N) is 1. The number of aromatic nitrogens is 1. The molecule has 0 saturated carbocycles. The number of thioether (sulfide) groups is 1. The smallest absolute Gasteiger partial charge is 0.133 e. The van der Waals surface area contributed by atoms with Crippen molar-refractivity contribution in [2.75, 3.05) is 29.5 Å². The Kier molecular flexibility index (Phi) is 5.52. The molecule has 2 heterocycles. The summed E-state index contributed by atoms with van der Waals surface area (Å²) in [5.74, 6) is 3.58. The van der Waals surface area contributed by atoms with E-state index in [0.717, 1.165) is 19.5 Å². The van der Waals surface area contributed by atoms with Gasteiger partial charge in [-0.3, -0.25) is 0 Å². The lowest BCUT2D eigenvalue weighted by molar-refractivity contribution is 0.564. The van der Waals surface area contributed by atoms with Crippen molar-refractivity contribution < 1.29 is 0 Å². The van der Waals surface area contributed by atoms with E-state index in [1.54, 1.807) is 0 Å². The minimum Gasteiger partial charge on any atom is -0.352 e. The van der Waals surface area contributed by atoms with Gasteiger partial charge in [-0.2, -0.15) is 11.8 Å². The minimum absolute atomic E-state index is 0.366. The van der Waals surface area contributed by atoms with Crippen molar-refractivity contribution in [2.45, 2.75) is 39.3 Å². The third-order valence-corrected chi connectivity index (χ3v) is 4.81. The second-order valence-electron chi connectivity index (χ2n) is 5.21. The summed E-state index contributed by atoms with van der Waals surface area (Å²) in [4.78, 5) is 7.13. The van der Waals surface area contributed by atoms with E-state index in [9.17, 15) is 0 Å². The van der Waals surface area contributed by atoms with E-state index >= 15 is 0 Å². The molecule has 0 amide bonds. The van der Waals surface area contributed by atoms with Crippen molar-refractivity contribution in [2.24, 2.45) is 0 Å². The first-order valence-electron chi connectivity index (χ1n) is 7.26. The van der Waals surface area contributed by atoms with E-state index in [1.165, 1.54) is 22.9 Å². The fourth-order valence-corrected chi connectivity index (χ4v) is 3.51. The van der Waals surface area contributed by atoms with Gasteiger partial charge in [0.05, 0.1) is 0 Å². The lowest BCUT2D eigenvalue weighted by atomic mass is 10.1. The van der Waals surface area contributed by atoms with Crippen molar-refractivity contribution in [3.05, 3.63) is 23.9 Å². The number of nitrogens with zero attached hydrogens (tertiary/aromatic N) is 2. The van der Waals surface area contributed by atoms with Gasteiger partial charge in [0, 0.05) is 41.9 Å². The topological polar surface area (TPSA) is 28.2 Å². The van der Waals surface area contributed by atoms with Crippen molar-refractivity contribution >= 4 is 17.6 Å². The molecule has 0 bridgehead atoms. The third kappa shape index (κ3) is 3.63. The molecule has 1 aromatic rings. The molecule has 0 spiro atoms. The molecular weight excluding hydrogens is 254 g/mol. The molecule has 1 N–H and O–H groups in total. The van der Waals surface area contributed by atoms with Gasteiger partial charge in [0.15, 0.2) is 0 Å². The molecule has 2 atom stereocenters. The highest BCUT2D eigenvalue weighted by Crippen LogP contribution is 2.28. The molecule has 1 aliphatic rings. The first-order valence-corrected chi connectivity index (χ1v) is 8.42. The highest BCUT2D eigenvalue weighted by atomic mass is 32.2. The Bertz CT molecular complexity index is 397. The number of anilines is 1. The first kappa shape index (κ1) is 14.7. The van der Waals surface area contributed by atoms with Crippen molar-refractivity contribution in [3.8, 4) is 0 Å². The summed E-state index contributed by atoms with van der Waals surface area (Å²) in [5.41, 5.74) is 1.33. The van der Waals surface area contributed by atoms with Gasteiger partial charge >= 0.3 is 0 Å². The van der Waals surface area contributed by atoms with Crippen LogP contribution in [0.4, 0.5) is 5.82 Å². The van der Waals surface area contributed by atoms with E-state index in [2.05, 4.69) is 42.0 Å². The summed E-state index contributed by atoms with van der Waals surface area (Å²) >= 11 is 2.04. The monoisotopic (exact) mass is 279 g/mol. The second-order valence-corrected chi connectivity index (χ2v) is 6.36. The Hall–Kier alpha value is -0.740. The lowest BCUT2D eigenvalue weighted by Crippen LogP contribution is -2.42. The lowest BCUT2D eigenvalue weighted by Gasteiger charge is -2.36. The van der Waals surface area contributed by atoms with Crippen LogP contribution in [0.15, 0.2) is 18.3 Å². The molecule has 0 aromatic carbocycles. The van der Waals surface area contributed by atoms with Crippen LogP contribution in [-0.2, 0) is 0 Å². The summed E-state index contributed by atoms with van der Waals surface area (Å²) in [6, 6.07) is 5.20. The molecule has 106 valence electrons. The SMILES string of the molecule is CCCNC(C)c1cccnc1N1CCSCC1C. The van der Waals surface area contributed by atoms with Gasteiger partial charge in [-0.25, -0.2) is 4.98 Å². The van der Waals surface area contributed by atoms with Gasteiger partial charge < -0.3 is 10.2 Å². The van der Waals surface area contributed by atoms with E-state index in [-0.39, 0.29) is 0 Å². The highest BCUT2D eigenvalue weighted by Gasteiger charge is 2.23. The summed E-state index contributed by atoms with van der Waals surface area (Å²) < 4.78 is 0. The van der Waals surface area contributed by atoms with Gasteiger partial charge in [-0.05, 0) is 32.9 Å². The molecule has 1 aliphatic heterocycles. The molecule has 2 unspecified atom stereocenters. The van der Waals surface area contributed by atoms with E-state index in [4.69, 9.17) is 0 Å².